The number of carbonyl (C=O) groups excluding carboxylic acids is 3. The number of ketones is 1. The van der Waals surface area contributed by atoms with Crippen LogP contribution < -0.4 is 20.9 Å². The molecule has 4 rings (SSSR count). The first kappa shape index (κ1) is 29.1. The summed E-state index contributed by atoms with van der Waals surface area (Å²) in [6, 6.07) is 18.6. The molecule has 3 amide bonds. The Morgan fingerprint density at radius 3 is 2.39 bits per heavy atom. The minimum absolute atomic E-state index is 0.150. The Morgan fingerprint density at radius 1 is 1.05 bits per heavy atom. The molecule has 1 aliphatic rings. The van der Waals surface area contributed by atoms with Crippen molar-refractivity contribution in [2.24, 2.45) is 0 Å². The highest BCUT2D eigenvalue weighted by molar-refractivity contribution is 6.06. The van der Waals surface area contributed by atoms with Crippen molar-refractivity contribution >= 4 is 46.4 Å². The minimum atomic E-state index is -1.09. The van der Waals surface area contributed by atoms with E-state index in [2.05, 4.69) is 16.0 Å². The van der Waals surface area contributed by atoms with Crippen LogP contribution in [0, 0.1) is 6.92 Å². The van der Waals surface area contributed by atoms with E-state index in [9.17, 15) is 24.3 Å². The third-order valence-corrected chi connectivity index (χ3v) is 7.46. The fourth-order valence-corrected chi connectivity index (χ4v) is 4.75. The Morgan fingerprint density at radius 2 is 1.73 bits per heavy atom. The second kappa shape index (κ2) is 11.7. The van der Waals surface area contributed by atoms with Crippen LogP contribution in [-0.2, 0) is 16.1 Å². The summed E-state index contributed by atoms with van der Waals surface area (Å²) in [5.41, 5.74) is 3.90. The minimum Gasteiger partial charge on any atom is -0.481 e. The summed E-state index contributed by atoms with van der Waals surface area (Å²) in [7, 11) is 3.45. The predicted molar refractivity (Wildman–Crippen MR) is 160 cm³/mol. The molecular weight excluding hydrogens is 522 g/mol. The summed E-state index contributed by atoms with van der Waals surface area (Å²) in [4.78, 5) is 53.5. The van der Waals surface area contributed by atoms with E-state index in [4.69, 9.17) is 0 Å². The highest BCUT2D eigenvalue weighted by Crippen LogP contribution is 2.30. The van der Waals surface area contributed by atoms with Crippen LogP contribution in [0.5, 0.6) is 0 Å². The molecule has 0 aliphatic carbocycles. The molecule has 0 aromatic heterocycles. The van der Waals surface area contributed by atoms with E-state index in [0.29, 0.717) is 23.5 Å². The fourth-order valence-electron chi connectivity index (χ4n) is 4.75. The molecule has 4 N–H and O–H groups in total. The number of carbonyl (C=O) groups is 4. The lowest BCUT2D eigenvalue weighted by Gasteiger charge is -2.36. The lowest BCUT2D eigenvalue weighted by Crippen LogP contribution is -2.48. The maximum Gasteiger partial charge on any atom is 0.323 e. The van der Waals surface area contributed by atoms with Crippen LogP contribution in [0.25, 0.3) is 0 Å². The van der Waals surface area contributed by atoms with Gasteiger partial charge in [0, 0.05) is 49.0 Å². The van der Waals surface area contributed by atoms with Crippen molar-refractivity contribution in [1.82, 2.24) is 4.90 Å². The molecule has 1 aliphatic heterocycles. The number of urea groups is 1. The Hall–Kier alpha value is -4.86. The van der Waals surface area contributed by atoms with Gasteiger partial charge in [0.25, 0.3) is 0 Å². The number of nitrogens with zero attached hydrogens (tertiary/aromatic N) is 2. The quantitative estimate of drug-likeness (QED) is 0.288. The van der Waals surface area contributed by atoms with Gasteiger partial charge in [-0.25, -0.2) is 4.79 Å². The number of nitrogens with one attached hydrogen (secondary N) is 3. The molecule has 0 bridgehead atoms. The number of aliphatic carboxylic acids is 1. The highest BCUT2D eigenvalue weighted by atomic mass is 16.4. The highest BCUT2D eigenvalue weighted by Gasteiger charge is 2.35. The third-order valence-electron chi connectivity index (χ3n) is 7.46. The van der Waals surface area contributed by atoms with Gasteiger partial charge in [0.1, 0.15) is 6.04 Å². The van der Waals surface area contributed by atoms with Gasteiger partial charge >= 0.3 is 12.0 Å². The third kappa shape index (κ3) is 6.49. The first-order valence-corrected chi connectivity index (χ1v) is 13.3. The number of para-hydroxylation sites is 1. The van der Waals surface area contributed by atoms with Gasteiger partial charge in [0.2, 0.25) is 5.91 Å². The average Bonchev–Trinajstić information content (AvgIpc) is 3.04. The maximum absolute atomic E-state index is 13.7. The monoisotopic (exact) mass is 557 g/mol. The smallest absolute Gasteiger partial charge is 0.323 e. The molecule has 1 heterocycles. The Balaban J connectivity index is 1.48. The van der Waals surface area contributed by atoms with E-state index in [-0.39, 0.29) is 24.1 Å². The molecule has 0 spiro atoms. The van der Waals surface area contributed by atoms with E-state index in [1.165, 1.54) is 4.90 Å². The number of hydrogen-bond acceptors (Lipinski definition) is 6. The zero-order valence-electron chi connectivity index (χ0n) is 23.8. The van der Waals surface area contributed by atoms with E-state index in [1.807, 2.05) is 69.1 Å². The number of amides is 3. The lowest BCUT2D eigenvalue weighted by atomic mass is 9.90. The van der Waals surface area contributed by atoms with Gasteiger partial charge in [-0.3, -0.25) is 14.4 Å². The van der Waals surface area contributed by atoms with Gasteiger partial charge in [-0.1, -0.05) is 30.3 Å². The number of anilines is 4. The summed E-state index contributed by atoms with van der Waals surface area (Å²) in [6.07, 6.45) is -0.368. The average molecular weight is 558 g/mol. The second-order valence-corrected chi connectivity index (χ2v) is 10.7. The molecule has 1 atom stereocenters. The van der Waals surface area contributed by atoms with Crippen molar-refractivity contribution in [3.8, 4) is 0 Å². The van der Waals surface area contributed by atoms with Gasteiger partial charge in [-0.05, 0) is 68.3 Å². The number of hydrogen-bond donors (Lipinski definition) is 4. The zero-order valence-corrected chi connectivity index (χ0v) is 23.8. The van der Waals surface area contributed by atoms with Crippen LogP contribution in [0.4, 0.5) is 27.5 Å². The number of benzene rings is 3. The van der Waals surface area contributed by atoms with Crippen molar-refractivity contribution in [3.63, 3.8) is 0 Å². The zero-order chi connectivity index (χ0) is 29.9. The number of likely N-dealkylation sites (N-methyl/N-ethyl adjacent to an activating group) is 2. The largest absolute Gasteiger partial charge is 0.481 e. The van der Waals surface area contributed by atoms with Crippen molar-refractivity contribution < 1.29 is 24.3 Å². The molecule has 10 heteroatoms. The Kier molecular flexibility index (Phi) is 8.32. The summed E-state index contributed by atoms with van der Waals surface area (Å²) >= 11 is 0. The van der Waals surface area contributed by atoms with Gasteiger partial charge in [0.05, 0.1) is 12.0 Å². The van der Waals surface area contributed by atoms with Crippen LogP contribution in [0.2, 0.25) is 0 Å². The number of carboxylic acids is 1. The molecule has 1 unspecified atom stereocenters. The first-order chi connectivity index (χ1) is 19.4. The van der Waals surface area contributed by atoms with Crippen molar-refractivity contribution in [2.45, 2.75) is 45.3 Å². The van der Waals surface area contributed by atoms with Gasteiger partial charge in [-0.2, -0.15) is 0 Å². The van der Waals surface area contributed by atoms with Crippen LogP contribution in [-0.4, -0.2) is 59.4 Å². The Bertz CT molecular complexity index is 1480. The van der Waals surface area contributed by atoms with Crippen LogP contribution in [0.15, 0.2) is 66.7 Å². The van der Waals surface area contributed by atoms with Crippen LogP contribution in [0.3, 0.4) is 0 Å². The van der Waals surface area contributed by atoms with Gasteiger partial charge in [0.15, 0.2) is 5.78 Å². The normalized spacial score (nSPS) is 14.8. The molecule has 0 radical (unpaired) electrons. The van der Waals surface area contributed by atoms with Gasteiger partial charge in [-0.15, -0.1) is 0 Å². The van der Waals surface area contributed by atoms with E-state index in [1.54, 1.807) is 37.4 Å². The summed E-state index contributed by atoms with van der Waals surface area (Å²) in [5.74, 6) is -1.55. The second-order valence-electron chi connectivity index (χ2n) is 10.7. The van der Waals surface area contributed by atoms with Crippen LogP contribution >= 0.6 is 0 Å². The lowest BCUT2D eigenvalue weighted by molar-refractivity contribution is -0.141. The number of rotatable bonds is 8. The van der Waals surface area contributed by atoms with E-state index < -0.39 is 17.6 Å². The molecular formula is C31H35N5O5. The molecule has 3 aromatic carbocycles. The van der Waals surface area contributed by atoms with E-state index >= 15 is 0 Å². The van der Waals surface area contributed by atoms with Gasteiger partial charge < -0.3 is 30.9 Å². The standard InChI is InChI=1S/C31H35N5O5/c1-19-8-6-7-9-24(19)34-30(41)32-22-12-14-23(15-13-22)36(5)31(2,3)28(39)20-10-11-21-18-35(4)29(40)26(17-27(37)38)33-25(21)16-20/h6-16,26,33H,17-18H2,1-5H3,(H,37,38)(H2,32,34,41). The molecule has 0 saturated heterocycles. The SMILES string of the molecule is Cc1ccccc1NC(=O)Nc1ccc(N(C)C(C)(C)C(=O)c2ccc3c(c2)NC(CC(=O)O)C(=O)N(C)C3)cc1. The summed E-state index contributed by atoms with van der Waals surface area (Å²) in [5, 5.41) is 18.0. The number of aryl methyl sites for hydroxylation is 1. The molecule has 3 aromatic rings. The molecule has 41 heavy (non-hydrogen) atoms. The van der Waals surface area contributed by atoms with Crippen molar-refractivity contribution in [2.75, 3.05) is 34.9 Å². The topological polar surface area (TPSA) is 131 Å². The molecule has 0 saturated carbocycles. The summed E-state index contributed by atoms with van der Waals surface area (Å²) < 4.78 is 0. The maximum atomic E-state index is 13.7. The number of carboxylic acid groups (broad SMARTS) is 1. The first-order valence-electron chi connectivity index (χ1n) is 13.3. The van der Waals surface area contributed by atoms with E-state index in [0.717, 1.165) is 22.5 Å². The number of Topliss-reactive ketones (excluding diaryl/α,β-unsaturated/α-hetero) is 1. The van der Waals surface area contributed by atoms with Crippen LogP contribution in [0.1, 0.15) is 41.8 Å². The Labute approximate surface area is 239 Å². The molecule has 10 nitrogen and oxygen atoms in total. The predicted octanol–water partition coefficient (Wildman–Crippen LogP) is 4.96. The molecule has 0 fully saturated rings. The van der Waals surface area contributed by atoms with Crippen molar-refractivity contribution in [1.29, 1.82) is 0 Å². The molecule has 214 valence electrons. The number of fused-ring (bicyclic) bond motifs is 1. The van der Waals surface area contributed by atoms with Crippen molar-refractivity contribution in [3.05, 3.63) is 83.4 Å². The fraction of sp³-hybridized carbons (Fsp3) is 0.290. The summed E-state index contributed by atoms with van der Waals surface area (Å²) in [6.45, 7) is 5.86.